The molecule has 2 aromatic rings. The second-order valence-electron chi connectivity index (χ2n) is 4.60. The molecule has 1 unspecified atom stereocenters. The zero-order valence-electron chi connectivity index (χ0n) is 11.2. The third-order valence-electron chi connectivity index (χ3n) is 3.01. The summed E-state index contributed by atoms with van der Waals surface area (Å²) >= 11 is 11.9. The number of nitrogens with two attached hydrogens (primary N) is 1. The Balaban J connectivity index is 2.18. The summed E-state index contributed by atoms with van der Waals surface area (Å²) in [5.41, 5.74) is 6.35. The Morgan fingerprint density at radius 3 is 2.57 bits per heavy atom. The first-order valence-corrected chi connectivity index (χ1v) is 6.95. The van der Waals surface area contributed by atoms with Crippen LogP contribution in [0.1, 0.15) is 28.9 Å². The van der Waals surface area contributed by atoms with Gasteiger partial charge < -0.3 is 11.1 Å². The number of nitrogens with one attached hydrogen (secondary N) is 1. The maximum absolute atomic E-state index is 13.7. The van der Waals surface area contributed by atoms with Gasteiger partial charge in [-0.25, -0.2) is 4.39 Å². The maximum Gasteiger partial charge on any atom is 0.254 e. The van der Waals surface area contributed by atoms with Gasteiger partial charge in [0.15, 0.2) is 0 Å². The fourth-order valence-electron chi connectivity index (χ4n) is 1.92. The van der Waals surface area contributed by atoms with Crippen molar-refractivity contribution in [1.29, 1.82) is 0 Å². The van der Waals surface area contributed by atoms with E-state index in [4.69, 9.17) is 28.9 Å². The number of rotatable bonds is 3. The molecule has 3 N–H and O–H groups in total. The van der Waals surface area contributed by atoms with Gasteiger partial charge >= 0.3 is 0 Å². The molecular formula is C15H13Cl2FN2O. The fourth-order valence-corrected chi connectivity index (χ4v) is 2.49. The summed E-state index contributed by atoms with van der Waals surface area (Å²) in [6.07, 6.45) is 0. The highest BCUT2D eigenvalue weighted by molar-refractivity contribution is 6.35. The summed E-state index contributed by atoms with van der Waals surface area (Å²) in [7, 11) is 0. The molecule has 0 saturated heterocycles. The van der Waals surface area contributed by atoms with E-state index in [-0.39, 0.29) is 17.3 Å². The molecule has 2 aromatic carbocycles. The van der Waals surface area contributed by atoms with Crippen molar-refractivity contribution in [3.05, 3.63) is 63.4 Å². The lowest BCUT2D eigenvalue weighted by molar-refractivity contribution is 0.0936. The summed E-state index contributed by atoms with van der Waals surface area (Å²) in [5.74, 6) is -1.20. The number of hydrogen-bond donors (Lipinski definition) is 2. The Labute approximate surface area is 131 Å². The van der Waals surface area contributed by atoms with Crippen molar-refractivity contribution in [2.75, 3.05) is 5.73 Å². The van der Waals surface area contributed by atoms with Crippen LogP contribution < -0.4 is 11.1 Å². The molecule has 3 nitrogen and oxygen atoms in total. The monoisotopic (exact) mass is 326 g/mol. The third kappa shape index (κ3) is 3.65. The molecule has 0 aliphatic heterocycles. The summed E-state index contributed by atoms with van der Waals surface area (Å²) < 4.78 is 13.7. The van der Waals surface area contributed by atoms with Gasteiger partial charge in [0.25, 0.3) is 5.91 Å². The van der Waals surface area contributed by atoms with Gasteiger partial charge in [0.2, 0.25) is 0 Å². The molecule has 0 aliphatic carbocycles. The smallest absolute Gasteiger partial charge is 0.254 e. The van der Waals surface area contributed by atoms with Crippen LogP contribution in [0.4, 0.5) is 10.1 Å². The van der Waals surface area contributed by atoms with Crippen LogP contribution in [-0.2, 0) is 0 Å². The highest BCUT2D eigenvalue weighted by Gasteiger charge is 2.17. The van der Waals surface area contributed by atoms with Crippen molar-refractivity contribution in [2.24, 2.45) is 0 Å². The van der Waals surface area contributed by atoms with Crippen LogP contribution in [0.25, 0.3) is 0 Å². The first-order chi connectivity index (χ1) is 9.88. The Kier molecular flexibility index (Phi) is 4.70. The van der Waals surface area contributed by atoms with Crippen molar-refractivity contribution in [3.63, 3.8) is 0 Å². The number of halogens is 3. The molecule has 0 radical (unpaired) electrons. The van der Waals surface area contributed by atoms with Gasteiger partial charge in [-0.15, -0.1) is 0 Å². The number of amides is 1. The fraction of sp³-hybridized carbons (Fsp3) is 0.133. The summed E-state index contributed by atoms with van der Waals surface area (Å²) in [6.45, 7) is 1.75. The molecule has 1 atom stereocenters. The first-order valence-electron chi connectivity index (χ1n) is 6.19. The van der Waals surface area contributed by atoms with E-state index in [1.165, 1.54) is 12.1 Å². The van der Waals surface area contributed by atoms with Crippen LogP contribution in [0.2, 0.25) is 10.0 Å². The maximum atomic E-state index is 13.7. The molecule has 0 fully saturated rings. The predicted octanol–water partition coefficient (Wildman–Crippen LogP) is 4.21. The summed E-state index contributed by atoms with van der Waals surface area (Å²) in [4.78, 5) is 12.1. The number of nitrogen functional groups attached to an aromatic ring is 1. The van der Waals surface area contributed by atoms with Crippen LogP contribution in [0.15, 0.2) is 36.4 Å². The molecule has 0 bridgehead atoms. The van der Waals surface area contributed by atoms with Gasteiger partial charge in [-0.05, 0) is 42.8 Å². The summed E-state index contributed by atoms with van der Waals surface area (Å²) in [5, 5.41) is 3.63. The number of carbonyl (C=O) groups is 1. The second kappa shape index (κ2) is 6.33. The van der Waals surface area contributed by atoms with E-state index < -0.39 is 11.7 Å². The molecule has 0 spiro atoms. The van der Waals surface area contributed by atoms with E-state index in [9.17, 15) is 9.18 Å². The zero-order valence-corrected chi connectivity index (χ0v) is 12.7. The van der Waals surface area contributed by atoms with Crippen LogP contribution in [0.5, 0.6) is 0 Å². The lowest BCUT2D eigenvalue weighted by Gasteiger charge is -2.16. The molecule has 0 saturated carbocycles. The minimum Gasteiger partial charge on any atom is -0.399 e. The second-order valence-corrected chi connectivity index (χ2v) is 5.44. The van der Waals surface area contributed by atoms with E-state index in [0.717, 1.165) is 6.07 Å². The van der Waals surface area contributed by atoms with E-state index in [1.54, 1.807) is 25.1 Å². The lowest BCUT2D eigenvalue weighted by Crippen LogP contribution is -2.27. The SMILES string of the molecule is CC(NC(=O)c1ccc(N)cc1F)c1ccc(Cl)cc1Cl. The quantitative estimate of drug-likeness (QED) is 0.830. The molecule has 21 heavy (non-hydrogen) atoms. The lowest BCUT2D eigenvalue weighted by atomic mass is 10.1. The molecule has 6 heteroatoms. The van der Waals surface area contributed by atoms with E-state index >= 15 is 0 Å². The Hall–Kier alpha value is -1.78. The predicted molar refractivity (Wildman–Crippen MR) is 83.2 cm³/mol. The topological polar surface area (TPSA) is 55.1 Å². The number of anilines is 1. The largest absolute Gasteiger partial charge is 0.399 e. The van der Waals surface area contributed by atoms with Gasteiger partial charge in [0.1, 0.15) is 5.82 Å². The standard InChI is InChI=1S/C15H13Cl2FN2O/c1-8(11-4-2-9(16)6-13(11)17)20-15(21)12-5-3-10(19)7-14(12)18/h2-8H,19H2,1H3,(H,20,21). The Bertz CT molecular complexity index is 691. The normalized spacial score (nSPS) is 12.0. The van der Waals surface area contributed by atoms with Crippen molar-refractivity contribution < 1.29 is 9.18 Å². The van der Waals surface area contributed by atoms with Crippen LogP contribution >= 0.6 is 23.2 Å². The van der Waals surface area contributed by atoms with Crippen molar-refractivity contribution in [1.82, 2.24) is 5.32 Å². The van der Waals surface area contributed by atoms with Crippen molar-refractivity contribution >= 4 is 34.8 Å². The zero-order chi connectivity index (χ0) is 15.6. The number of benzene rings is 2. The van der Waals surface area contributed by atoms with Gasteiger partial charge in [0.05, 0.1) is 11.6 Å². The summed E-state index contributed by atoms with van der Waals surface area (Å²) in [6, 6.07) is 8.51. The third-order valence-corrected chi connectivity index (χ3v) is 3.58. The van der Waals surface area contributed by atoms with Crippen LogP contribution in [0.3, 0.4) is 0 Å². The van der Waals surface area contributed by atoms with Crippen LogP contribution in [0, 0.1) is 5.82 Å². The molecular weight excluding hydrogens is 314 g/mol. The average Bonchev–Trinajstić information content (AvgIpc) is 2.37. The van der Waals surface area contributed by atoms with Gasteiger partial charge in [-0.1, -0.05) is 29.3 Å². The Morgan fingerprint density at radius 1 is 1.24 bits per heavy atom. The van der Waals surface area contributed by atoms with E-state index in [1.807, 2.05) is 0 Å². The average molecular weight is 327 g/mol. The number of hydrogen-bond acceptors (Lipinski definition) is 2. The first kappa shape index (κ1) is 15.6. The Morgan fingerprint density at radius 2 is 1.95 bits per heavy atom. The minimum atomic E-state index is -0.665. The van der Waals surface area contributed by atoms with E-state index in [2.05, 4.69) is 5.32 Å². The number of carbonyl (C=O) groups excluding carboxylic acids is 1. The molecule has 0 aliphatic rings. The van der Waals surface area contributed by atoms with Gasteiger partial charge in [-0.3, -0.25) is 4.79 Å². The van der Waals surface area contributed by atoms with Crippen molar-refractivity contribution in [3.8, 4) is 0 Å². The highest BCUT2D eigenvalue weighted by Crippen LogP contribution is 2.26. The molecule has 1 amide bonds. The van der Waals surface area contributed by atoms with Gasteiger partial charge in [-0.2, -0.15) is 0 Å². The molecule has 0 aromatic heterocycles. The van der Waals surface area contributed by atoms with E-state index in [0.29, 0.717) is 15.6 Å². The van der Waals surface area contributed by atoms with Crippen LogP contribution in [-0.4, -0.2) is 5.91 Å². The highest BCUT2D eigenvalue weighted by atomic mass is 35.5. The van der Waals surface area contributed by atoms with Crippen molar-refractivity contribution in [2.45, 2.75) is 13.0 Å². The minimum absolute atomic E-state index is 0.0684. The molecule has 110 valence electrons. The molecule has 0 heterocycles. The molecule has 2 rings (SSSR count). The van der Waals surface area contributed by atoms with Gasteiger partial charge in [0, 0.05) is 15.7 Å².